The highest BCUT2D eigenvalue weighted by atomic mass is 15.0. The van der Waals surface area contributed by atoms with Gasteiger partial charge in [0.2, 0.25) is 0 Å². The Morgan fingerprint density at radius 1 is 0.300 bits per heavy atom. The zero-order valence-corrected chi connectivity index (χ0v) is 27.1. The molecule has 0 N–H and O–H groups in total. The van der Waals surface area contributed by atoms with Crippen LogP contribution in [-0.2, 0) is 0 Å². The molecular formula is C46H30N4. The van der Waals surface area contributed by atoms with E-state index in [2.05, 4.69) is 115 Å². The zero-order chi connectivity index (χ0) is 33.3. The average Bonchev–Trinajstić information content (AvgIpc) is 3.21. The van der Waals surface area contributed by atoms with Crippen LogP contribution in [0.1, 0.15) is 0 Å². The molecule has 0 aliphatic heterocycles. The summed E-state index contributed by atoms with van der Waals surface area (Å²) in [6.45, 7) is 0. The van der Waals surface area contributed by atoms with Crippen LogP contribution in [0.5, 0.6) is 0 Å². The normalized spacial score (nSPS) is 11.2. The van der Waals surface area contributed by atoms with Crippen LogP contribution in [0.25, 0.3) is 89.2 Å². The number of hydrogen-bond acceptors (Lipinski definition) is 4. The third-order valence-electron chi connectivity index (χ3n) is 9.18. The molecule has 2 heterocycles. The zero-order valence-electron chi connectivity index (χ0n) is 27.1. The minimum atomic E-state index is 0.636. The van der Waals surface area contributed by atoms with Gasteiger partial charge in [-0.3, -0.25) is 4.98 Å². The average molecular weight is 639 g/mol. The summed E-state index contributed by atoms with van der Waals surface area (Å²) in [5, 5.41) is 3.61. The van der Waals surface area contributed by atoms with Crippen LogP contribution in [0.3, 0.4) is 0 Å². The van der Waals surface area contributed by atoms with E-state index in [1.165, 1.54) is 21.9 Å². The maximum atomic E-state index is 4.99. The van der Waals surface area contributed by atoms with Crippen molar-refractivity contribution in [3.05, 3.63) is 182 Å². The molecule has 7 aromatic carbocycles. The maximum absolute atomic E-state index is 4.99. The third kappa shape index (κ3) is 5.59. The van der Waals surface area contributed by atoms with Crippen molar-refractivity contribution in [2.24, 2.45) is 0 Å². The van der Waals surface area contributed by atoms with Gasteiger partial charge in [-0.05, 0) is 39.1 Å². The molecule has 2 aromatic heterocycles. The van der Waals surface area contributed by atoms with Gasteiger partial charge in [-0.15, -0.1) is 0 Å². The Kier molecular flexibility index (Phi) is 7.45. The molecule has 0 saturated heterocycles. The first-order chi connectivity index (χ1) is 24.8. The van der Waals surface area contributed by atoms with E-state index in [4.69, 9.17) is 19.9 Å². The van der Waals surface area contributed by atoms with Crippen LogP contribution >= 0.6 is 0 Å². The Hall–Kier alpha value is -6.78. The van der Waals surface area contributed by atoms with Crippen molar-refractivity contribution >= 4 is 21.7 Å². The molecule has 0 saturated carbocycles. The topological polar surface area (TPSA) is 51.6 Å². The molecule has 50 heavy (non-hydrogen) atoms. The monoisotopic (exact) mass is 638 g/mol. The van der Waals surface area contributed by atoms with Gasteiger partial charge in [0.1, 0.15) is 0 Å². The first-order valence-electron chi connectivity index (χ1n) is 16.7. The van der Waals surface area contributed by atoms with Gasteiger partial charge in [0.15, 0.2) is 17.5 Å². The molecule has 234 valence electrons. The third-order valence-corrected chi connectivity index (χ3v) is 9.18. The maximum Gasteiger partial charge on any atom is 0.164 e. The predicted molar refractivity (Wildman–Crippen MR) is 205 cm³/mol. The summed E-state index contributed by atoms with van der Waals surface area (Å²) in [5.74, 6) is 1.93. The van der Waals surface area contributed by atoms with Gasteiger partial charge in [0.25, 0.3) is 0 Å². The van der Waals surface area contributed by atoms with E-state index in [-0.39, 0.29) is 0 Å². The van der Waals surface area contributed by atoms with Gasteiger partial charge < -0.3 is 0 Å². The Balaban J connectivity index is 1.03. The molecule has 9 rings (SSSR count). The molecule has 0 amide bonds. The number of rotatable bonds is 6. The fourth-order valence-electron chi connectivity index (χ4n) is 6.61. The van der Waals surface area contributed by atoms with Crippen molar-refractivity contribution in [1.82, 2.24) is 19.9 Å². The summed E-state index contributed by atoms with van der Waals surface area (Å²) in [5.41, 5.74) is 10.6. The molecule has 0 fully saturated rings. The first kappa shape index (κ1) is 29.4. The van der Waals surface area contributed by atoms with Crippen LogP contribution in [-0.4, -0.2) is 19.9 Å². The second kappa shape index (κ2) is 12.7. The second-order valence-electron chi connectivity index (χ2n) is 12.3. The van der Waals surface area contributed by atoms with Gasteiger partial charge in [0.05, 0.1) is 5.52 Å². The predicted octanol–water partition coefficient (Wildman–Crippen LogP) is 11.6. The Bertz CT molecular complexity index is 2550. The molecule has 4 nitrogen and oxygen atoms in total. The fourth-order valence-corrected chi connectivity index (χ4v) is 6.61. The van der Waals surface area contributed by atoms with E-state index < -0.39 is 0 Å². The van der Waals surface area contributed by atoms with Crippen molar-refractivity contribution in [3.63, 3.8) is 0 Å². The molecule has 0 spiro atoms. The minimum Gasteiger partial charge on any atom is -0.255 e. The second-order valence-corrected chi connectivity index (χ2v) is 12.3. The number of fused-ring (bicyclic) bond motifs is 2. The Morgan fingerprint density at radius 2 is 0.760 bits per heavy atom. The van der Waals surface area contributed by atoms with Crippen LogP contribution in [0, 0.1) is 0 Å². The summed E-state index contributed by atoms with van der Waals surface area (Å²) in [7, 11) is 0. The standard InChI is InChI=1S/C46H30N4/c1-3-12-35(13-4-1)44-48-45(36-14-5-2-6-15-36)50-46(49-44)37-27-25-34(26-28-37)42-20-10-17-38-29-39(30-47-43(38)42)31-21-23-33(24-22-31)41-19-9-16-32-11-7-8-18-40(32)41/h1-30H. The first-order valence-corrected chi connectivity index (χ1v) is 16.7. The van der Waals surface area contributed by atoms with E-state index in [1.54, 1.807) is 0 Å². The van der Waals surface area contributed by atoms with Crippen molar-refractivity contribution < 1.29 is 0 Å². The lowest BCUT2D eigenvalue weighted by atomic mass is 9.96. The summed E-state index contributed by atoms with van der Waals surface area (Å²) in [6, 6.07) is 60.9. The molecule has 0 aliphatic rings. The summed E-state index contributed by atoms with van der Waals surface area (Å²) in [6.07, 6.45) is 1.98. The van der Waals surface area contributed by atoms with E-state index in [9.17, 15) is 0 Å². The van der Waals surface area contributed by atoms with E-state index in [1.807, 2.05) is 66.9 Å². The van der Waals surface area contributed by atoms with Crippen molar-refractivity contribution in [2.75, 3.05) is 0 Å². The molecule has 0 unspecified atom stereocenters. The number of aromatic nitrogens is 4. The number of pyridine rings is 1. The highest BCUT2D eigenvalue weighted by Gasteiger charge is 2.13. The molecular weight excluding hydrogens is 609 g/mol. The lowest BCUT2D eigenvalue weighted by Gasteiger charge is -2.11. The summed E-state index contributed by atoms with van der Waals surface area (Å²) < 4.78 is 0. The minimum absolute atomic E-state index is 0.636. The van der Waals surface area contributed by atoms with Crippen molar-refractivity contribution in [3.8, 4) is 67.5 Å². The van der Waals surface area contributed by atoms with Crippen LogP contribution in [0.2, 0.25) is 0 Å². The van der Waals surface area contributed by atoms with Gasteiger partial charge in [-0.1, -0.05) is 170 Å². The van der Waals surface area contributed by atoms with Crippen LogP contribution in [0.15, 0.2) is 182 Å². The van der Waals surface area contributed by atoms with Crippen molar-refractivity contribution in [1.29, 1.82) is 0 Å². The van der Waals surface area contributed by atoms with Gasteiger partial charge in [-0.25, -0.2) is 15.0 Å². The number of para-hydroxylation sites is 1. The molecule has 0 bridgehead atoms. The summed E-state index contributed by atoms with van der Waals surface area (Å²) in [4.78, 5) is 19.6. The summed E-state index contributed by atoms with van der Waals surface area (Å²) >= 11 is 0. The quantitative estimate of drug-likeness (QED) is 0.182. The smallest absolute Gasteiger partial charge is 0.164 e. The lowest BCUT2D eigenvalue weighted by molar-refractivity contribution is 1.07. The Labute approximate surface area is 290 Å². The largest absolute Gasteiger partial charge is 0.255 e. The van der Waals surface area contributed by atoms with Crippen molar-refractivity contribution in [2.45, 2.75) is 0 Å². The molecule has 4 heteroatoms. The number of hydrogen-bond donors (Lipinski definition) is 0. The van der Waals surface area contributed by atoms with Gasteiger partial charge >= 0.3 is 0 Å². The van der Waals surface area contributed by atoms with Gasteiger partial charge in [0, 0.05) is 39.4 Å². The SMILES string of the molecule is c1ccc(-c2nc(-c3ccccc3)nc(-c3ccc(-c4cccc5cc(-c6ccc(-c7cccc8ccccc78)cc6)cnc45)cc3)n2)cc1. The highest BCUT2D eigenvalue weighted by molar-refractivity contribution is 5.98. The highest BCUT2D eigenvalue weighted by Crippen LogP contribution is 2.34. The number of nitrogens with zero attached hydrogens (tertiary/aromatic N) is 4. The van der Waals surface area contributed by atoms with Crippen LogP contribution < -0.4 is 0 Å². The molecule has 9 aromatic rings. The lowest BCUT2D eigenvalue weighted by Crippen LogP contribution is -2.00. The number of benzene rings is 7. The van der Waals surface area contributed by atoms with Gasteiger partial charge in [-0.2, -0.15) is 0 Å². The van der Waals surface area contributed by atoms with Crippen LogP contribution in [0.4, 0.5) is 0 Å². The van der Waals surface area contributed by atoms with E-state index in [0.717, 1.165) is 49.8 Å². The molecule has 0 aliphatic carbocycles. The van der Waals surface area contributed by atoms with E-state index >= 15 is 0 Å². The fraction of sp³-hybridized carbons (Fsp3) is 0. The molecule has 0 atom stereocenters. The molecule has 0 radical (unpaired) electrons. The Morgan fingerprint density at radius 3 is 1.40 bits per heavy atom. The van der Waals surface area contributed by atoms with E-state index in [0.29, 0.717) is 17.5 Å².